The van der Waals surface area contributed by atoms with Gasteiger partial charge in [-0.15, -0.1) is 0 Å². The highest BCUT2D eigenvalue weighted by atomic mass is 35.5. The second-order valence-corrected chi connectivity index (χ2v) is 10.4. The van der Waals surface area contributed by atoms with Crippen molar-refractivity contribution in [2.24, 2.45) is 0 Å². The molecule has 4 aromatic rings. The molecular formula is C29H27Cl2N5O5. The van der Waals surface area contributed by atoms with Gasteiger partial charge in [-0.3, -0.25) is 19.4 Å². The molecule has 0 unspecified atom stereocenters. The number of ether oxygens (including phenoxy) is 1. The van der Waals surface area contributed by atoms with Crippen molar-refractivity contribution in [1.82, 2.24) is 25.5 Å². The number of fused-ring (bicyclic) bond motifs is 1. The molecule has 1 fully saturated rings. The van der Waals surface area contributed by atoms with Crippen molar-refractivity contribution in [2.45, 2.75) is 31.4 Å². The number of nitrogens with zero attached hydrogens (tertiary/aromatic N) is 3. The molecule has 0 radical (unpaired) electrons. The van der Waals surface area contributed by atoms with Crippen molar-refractivity contribution in [3.63, 3.8) is 0 Å². The zero-order chi connectivity index (χ0) is 28.8. The standard InChI is InChI=1S/C29H27Cl2N5O5/c30-19-6-7-24-18(14-19)15-25(41-24)28(39)35-23(16-20-4-1-2-10-32-20)27(38)34-17-26(37)36-12-8-21(9-13-36)40-29-22(31)5-3-11-33-29/h1-7,10-11,14-15,21,23H,8-9,12-13,16-17H2,(H,34,38)(H,35,39)/t23-/m0/s1. The van der Waals surface area contributed by atoms with Gasteiger partial charge in [0.15, 0.2) is 5.76 Å². The minimum absolute atomic E-state index is 0.0363. The Bertz CT molecular complexity index is 1540. The quantitative estimate of drug-likeness (QED) is 0.299. The second-order valence-electron chi connectivity index (χ2n) is 9.55. The van der Waals surface area contributed by atoms with Crippen molar-refractivity contribution < 1.29 is 23.5 Å². The number of aromatic nitrogens is 2. The Hall–Kier alpha value is -4.15. The molecule has 0 aliphatic carbocycles. The van der Waals surface area contributed by atoms with E-state index in [4.69, 9.17) is 32.4 Å². The predicted octanol–water partition coefficient (Wildman–Crippen LogP) is 4.06. The topological polar surface area (TPSA) is 127 Å². The third-order valence-corrected chi connectivity index (χ3v) is 7.20. The van der Waals surface area contributed by atoms with E-state index in [0.29, 0.717) is 58.5 Å². The number of furan rings is 1. The fourth-order valence-corrected chi connectivity index (χ4v) is 4.88. The first-order valence-corrected chi connectivity index (χ1v) is 13.8. The lowest BCUT2D eigenvalue weighted by molar-refractivity contribution is -0.134. The smallest absolute Gasteiger partial charge is 0.287 e. The maximum absolute atomic E-state index is 13.2. The summed E-state index contributed by atoms with van der Waals surface area (Å²) in [5.41, 5.74) is 1.10. The highest BCUT2D eigenvalue weighted by Gasteiger charge is 2.27. The third kappa shape index (κ3) is 7.33. The van der Waals surface area contributed by atoms with E-state index in [1.54, 1.807) is 71.9 Å². The highest BCUT2D eigenvalue weighted by Crippen LogP contribution is 2.25. The number of pyridine rings is 2. The summed E-state index contributed by atoms with van der Waals surface area (Å²) in [4.78, 5) is 49.2. The Morgan fingerprint density at radius 3 is 2.59 bits per heavy atom. The fourth-order valence-electron chi connectivity index (χ4n) is 4.53. The van der Waals surface area contributed by atoms with Crippen molar-refractivity contribution >= 4 is 51.9 Å². The summed E-state index contributed by atoms with van der Waals surface area (Å²) in [6.45, 7) is 0.718. The van der Waals surface area contributed by atoms with Gasteiger partial charge >= 0.3 is 0 Å². The summed E-state index contributed by atoms with van der Waals surface area (Å²) in [7, 11) is 0. The van der Waals surface area contributed by atoms with E-state index in [9.17, 15) is 14.4 Å². The van der Waals surface area contributed by atoms with Gasteiger partial charge in [0.25, 0.3) is 5.91 Å². The van der Waals surface area contributed by atoms with E-state index in [0.717, 1.165) is 0 Å². The maximum atomic E-state index is 13.2. The Kier molecular flexibility index (Phi) is 9.01. The van der Waals surface area contributed by atoms with E-state index in [1.807, 2.05) is 0 Å². The van der Waals surface area contributed by atoms with Crippen LogP contribution in [0.15, 0.2) is 71.4 Å². The molecule has 1 atom stereocenters. The lowest BCUT2D eigenvalue weighted by Crippen LogP contribution is -2.51. The molecule has 1 aliphatic rings. The lowest BCUT2D eigenvalue weighted by Gasteiger charge is -2.32. The summed E-state index contributed by atoms with van der Waals surface area (Å²) in [6, 6.07) is 14.3. The molecule has 5 rings (SSSR count). The molecule has 212 valence electrons. The Morgan fingerprint density at radius 1 is 1.02 bits per heavy atom. The number of carbonyl (C=O) groups excluding carboxylic acids is 3. The van der Waals surface area contributed by atoms with E-state index in [1.165, 1.54) is 0 Å². The van der Waals surface area contributed by atoms with Gasteiger partial charge in [-0.2, -0.15) is 0 Å². The van der Waals surface area contributed by atoms with Gasteiger partial charge < -0.3 is 24.7 Å². The second kappa shape index (κ2) is 13.0. The Labute approximate surface area is 246 Å². The number of nitrogens with one attached hydrogen (secondary N) is 2. The van der Waals surface area contributed by atoms with Crippen molar-refractivity contribution in [1.29, 1.82) is 0 Å². The summed E-state index contributed by atoms with van der Waals surface area (Å²) in [6.07, 6.45) is 4.43. The number of piperidine rings is 1. The van der Waals surface area contributed by atoms with Crippen LogP contribution in [0, 0.1) is 0 Å². The largest absolute Gasteiger partial charge is 0.473 e. The normalized spacial score (nSPS) is 14.4. The van der Waals surface area contributed by atoms with Crippen molar-refractivity contribution in [3.8, 4) is 5.88 Å². The summed E-state index contributed by atoms with van der Waals surface area (Å²) < 4.78 is 11.5. The summed E-state index contributed by atoms with van der Waals surface area (Å²) >= 11 is 12.2. The van der Waals surface area contributed by atoms with Gasteiger partial charge in [0.05, 0.1) is 6.54 Å². The first kappa shape index (κ1) is 28.4. The number of rotatable bonds is 9. The average molecular weight is 596 g/mol. The maximum Gasteiger partial charge on any atom is 0.287 e. The van der Waals surface area contributed by atoms with Crippen LogP contribution in [0.5, 0.6) is 5.88 Å². The predicted molar refractivity (Wildman–Crippen MR) is 153 cm³/mol. The third-order valence-electron chi connectivity index (χ3n) is 6.67. The van der Waals surface area contributed by atoms with Crippen LogP contribution in [0.2, 0.25) is 10.0 Å². The molecule has 3 amide bonds. The molecule has 0 saturated carbocycles. The zero-order valence-corrected chi connectivity index (χ0v) is 23.4. The molecule has 3 aromatic heterocycles. The van der Waals surface area contributed by atoms with E-state index < -0.39 is 17.9 Å². The van der Waals surface area contributed by atoms with E-state index in [-0.39, 0.29) is 30.7 Å². The minimum Gasteiger partial charge on any atom is -0.473 e. The Morgan fingerprint density at radius 2 is 1.83 bits per heavy atom. The van der Waals surface area contributed by atoms with Crippen molar-refractivity contribution in [2.75, 3.05) is 19.6 Å². The number of carbonyl (C=O) groups is 3. The minimum atomic E-state index is -0.996. The number of hydrogen-bond donors (Lipinski definition) is 2. The molecule has 1 saturated heterocycles. The SMILES string of the molecule is O=C(N[C@@H](Cc1ccccn1)C(=O)NCC(=O)N1CCC(Oc2ncccc2Cl)CC1)c1cc2cc(Cl)ccc2o1. The average Bonchev–Trinajstić information content (AvgIpc) is 3.41. The number of benzene rings is 1. The zero-order valence-electron chi connectivity index (χ0n) is 21.9. The van der Waals surface area contributed by atoms with Crippen LogP contribution in [0.1, 0.15) is 29.1 Å². The number of hydrogen-bond acceptors (Lipinski definition) is 7. The van der Waals surface area contributed by atoms with Crippen LogP contribution in [-0.4, -0.2) is 64.4 Å². The van der Waals surface area contributed by atoms with E-state index in [2.05, 4.69) is 20.6 Å². The van der Waals surface area contributed by atoms with Gasteiger partial charge in [-0.1, -0.05) is 29.3 Å². The monoisotopic (exact) mass is 595 g/mol. The fraction of sp³-hybridized carbons (Fsp3) is 0.276. The van der Waals surface area contributed by atoms with Crippen LogP contribution in [0.3, 0.4) is 0 Å². The molecule has 41 heavy (non-hydrogen) atoms. The Balaban J connectivity index is 1.17. The van der Waals surface area contributed by atoms with Crippen LogP contribution < -0.4 is 15.4 Å². The molecule has 1 aromatic carbocycles. The number of likely N-dealkylation sites (tertiary alicyclic amines) is 1. The highest BCUT2D eigenvalue weighted by molar-refractivity contribution is 6.32. The van der Waals surface area contributed by atoms with Gasteiger partial charge in [-0.05, 0) is 48.5 Å². The number of halogens is 2. The van der Waals surface area contributed by atoms with Gasteiger partial charge in [-0.25, -0.2) is 4.98 Å². The van der Waals surface area contributed by atoms with Gasteiger partial charge in [0.1, 0.15) is 22.8 Å². The summed E-state index contributed by atoms with van der Waals surface area (Å²) in [5.74, 6) is -0.910. The van der Waals surface area contributed by atoms with E-state index >= 15 is 0 Å². The molecule has 2 N–H and O–H groups in total. The first-order chi connectivity index (χ1) is 19.9. The van der Waals surface area contributed by atoms with Crippen LogP contribution >= 0.6 is 23.2 Å². The van der Waals surface area contributed by atoms with Crippen molar-refractivity contribution in [3.05, 3.63) is 88.5 Å². The van der Waals surface area contributed by atoms with Crippen LogP contribution in [0.4, 0.5) is 0 Å². The molecular weight excluding hydrogens is 569 g/mol. The van der Waals surface area contributed by atoms with Crippen LogP contribution in [0.25, 0.3) is 11.0 Å². The molecule has 0 spiro atoms. The molecule has 0 bridgehead atoms. The molecule has 12 heteroatoms. The number of amides is 3. The molecule has 1 aliphatic heterocycles. The van der Waals surface area contributed by atoms with Gasteiger partial charge in [0, 0.05) is 60.8 Å². The summed E-state index contributed by atoms with van der Waals surface area (Å²) in [5, 5.41) is 7.00. The first-order valence-electron chi connectivity index (χ1n) is 13.1. The van der Waals surface area contributed by atoms with Gasteiger partial charge in [0.2, 0.25) is 17.7 Å². The van der Waals surface area contributed by atoms with Crippen LogP contribution in [-0.2, 0) is 16.0 Å². The molecule has 4 heterocycles. The molecule has 10 nitrogen and oxygen atoms in total. The lowest BCUT2D eigenvalue weighted by atomic mass is 10.1.